The smallest absolute Gasteiger partial charge is 0.258 e. The lowest BCUT2D eigenvalue weighted by Crippen LogP contribution is -1.94. The summed E-state index contributed by atoms with van der Waals surface area (Å²) in [4.78, 5) is 4.45. The Morgan fingerprint density at radius 3 is 2.84 bits per heavy atom. The van der Waals surface area contributed by atoms with Crippen LogP contribution in [0.4, 0.5) is 0 Å². The molecule has 19 heavy (non-hydrogen) atoms. The average molecular weight is 260 g/mol. The number of hydrogen-bond acceptors (Lipinski definition) is 5. The van der Waals surface area contributed by atoms with Gasteiger partial charge in [0.2, 0.25) is 0 Å². The van der Waals surface area contributed by atoms with Crippen molar-refractivity contribution in [2.24, 2.45) is 0 Å². The number of hydrogen-bond donors (Lipinski definition) is 1. The molecule has 1 aliphatic rings. The fraction of sp³-hybridized carbons (Fsp3) is 0.429. The molecule has 0 saturated heterocycles. The van der Waals surface area contributed by atoms with Crippen LogP contribution in [-0.2, 0) is 0 Å². The second-order valence-corrected chi connectivity index (χ2v) is 4.83. The second kappa shape index (κ2) is 4.91. The monoisotopic (exact) mass is 260 g/mol. The number of nitrogens with zero attached hydrogens (tertiary/aromatic N) is 2. The zero-order valence-corrected chi connectivity index (χ0v) is 10.8. The molecule has 0 aliphatic heterocycles. The SMILES string of the molecule is COc1cc(-c2nc(C3CCCC3)no2)ccc1O. The molecule has 100 valence electrons. The van der Waals surface area contributed by atoms with Crippen molar-refractivity contribution in [1.82, 2.24) is 10.1 Å². The summed E-state index contributed by atoms with van der Waals surface area (Å²) in [6.07, 6.45) is 4.75. The highest BCUT2D eigenvalue weighted by Crippen LogP contribution is 2.35. The maximum atomic E-state index is 9.57. The van der Waals surface area contributed by atoms with E-state index in [1.807, 2.05) is 0 Å². The van der Waals surface area contributed by atoms with Crippen LogP contribution in [0.1, 0.15) is 37.4 Å². The van der Waals surface area contributed by atoms with Gasteiger partial charge in [0.05, 0.1) is 7.11 Å². The average Bonchev–Trinajstić information content (AvgIpc) is 3.10. The van der Waals surface area contributed by atoms with Crippen LogP contribution in [-0.4, -0.2) is 22.4 Å². The minimum Gasteiger partial charge on any atom is -0.504 e. The summed E-state index contributed by atoms with van der Waals surface area (Å²) in [7, 11) is 1.51. The third kappa shape index (κ3) is 2.28. The van der Waals surface area contributed by atoms with E-state index in [1.54, 1.807) is 18.2 Å². The normalized spacial score (nSPS) is 15.8. The Hall–Kier alpha value is -2.04. The van der Waals surface area contributed by atoms with Gasteiger partial charge in [0.1, 0.15) is 0 Å². The topological polar surface area (TPSA) is 68.4 Å². The van der Waals surface area contributed by atoms with Gasteiger partial charge in [0.15, 0.2) is 17.3 Å². The van der Waals surface area contributed by atoms with E-state index in [-0.39, 0.29) is 5.75 Å². The summed E-state index contributed by atoms with van der Waals surface area (Å²) in [6.45, 7) is 0. The molecule has 5 nitrogen and oxygen atoms in total. The molecule has 1 aliphatic carbocycles. The first-order chi connectivity index (χ1) is 9.28. The van der Waals surface area contributed by atoms with E-state index in [9.17, 15) is 5.11 Å². The van der Waals surface area contributed by atoms with Crippen LogP contribution >= 0.6 is 0 Å². The van der Waals surface area contributed by atoms with Crippen molar-refractivity contribution >= 4 is 0 Å². The van der Waals surface area contributed by atoms with Crippen molar-refractivity contribution in [2.75, 3.05) is 7.11 Å². The lowest BCUT2D eigenvalue weighted by Gasteiger charge is -2.03. The van der Waals surface area contributed by atoms with Crippen molar-refractivity contribution < 1.29 is 14.4 Å². The standard InChI is InChI=1S/C14H16N2O3/c1-18-12-8-10(6-7-11(12)17)14-15-13(16-19-14)9-4-2-3-5-9/h6-9,17H,2-5H2,1H3. The first-order valence-electron chi connectivity index (χ1n) is 6.49. The number of methoxy groups -OCH3 is 1. The number of rotatable bonds is 3. The maximum absolute atomic E-state index is 9.57. The van der Waals surface area contributed by atoms with Gasteiger partial charge >= 0.3 is 0 Å². The number of aromatic nitrogens is 2. The van der Waals surface area contributed by atoms with Gasteiger partial charge in [-0.05, 0) is 31.0 Å². The highest BCUT2D eigenvalue weighted by atomic mass is 16.5. The summed E-state index contributed by atoms with van der Waals surface area (Å²) in [6, 6.07) is 5.00. The fourth-order valence-corrected chi connectivity index (χ4v) is 2.51. The van der Waals surface area contributed by atoms with Crippen molar-refractivity contribution in [2.45, 2.75) is 31.6 Å². The molecule has 1 aromatic carbocycles. The first-order valence-corrected chi connectivity index (χ1v) is 6.49. The fourth-order valence-electron chi connectivity index (χ4n) is 2.51. The van der Waals surface area contributed by atoms with Crippen LogP contribution in [0.5, 0.6) is 11.5 Å². The molecule has 1 fully saturated rings. The number of phenolic OH excluding ortho intramolecular Hbond substituents is 1. The molecule has 0 amide bonds. The van der Waals surface area contributed by atoms with Crippen LogP contribution in [0.2, 0.25) is 0 Å². The van der Waals surface area contributed by atoms with Gasteiger partial charge in [-0.15, -0.1) is 0 Å². The Labute approximate surface area is 111 Å². The zero-order valence-electron chi connectivity index (χ0n) is 10.8. The molecule has 0 bridgehead atoms. The minimum atomic E-state index is 0.0989. The lowest BCUT2D eigenvalue weighted by atomic mass is 10.1. The van der Waals surface area contributed by atoms with Crippen molar-refractivity contribution in [3.63, 3.8) is 0 Å². The summed E-state index contributed by atoms with van der Waals surface area (Å²) in [5.41, 5.74) is 0.756. The third-order valence-corrected chi connectivity index (χ3v) is 3.59. The van der Waals surface area contributed by atoms with E-state index in [2.05, 4.69) is 10.1 Å². The molecule has 2 aromatic rings. The van der Waals surface area contributed by atoms with Gasteiger partial charge in [0.25, 0.3) is 5.89 Å². The minimum absolute atomic E-state index is 0.0989. The maximum Gasteiger partial charge on any atom is 0.258 e. The van der Waals surface area contributed by atoms with Gasteiger partial charge in [-0.3, -0.25) is 0 Å². The van der Waals surface area contributed by atoms with Crippen molar-refractivity contribution in [1.29, 1.82) is 0 Å². The predicted molar refractivity (Wildman–Crippen MR) is 69.2 cm³/mol. The summed E-state index contributed by atoms with van der Waals surface area (Å²) in [5, 5.41) is 13.6. The number of ether oxygens (including phenoxy) is 1. The molecule has 0 atom stereocenters. The Bertz CT molecular complexity index is 574. The van der Waals surface area contributed by atoms with Crippen LogP contribution in [0.15, 0.2) is 22.7 Å². The Kier molecular flexibility index (Phi) is 3.11. The summed E-state index contributed by atoms with van der Waals surface area (Å²) in [5.74, 6) is 2.19. The van der Waals surface area contributed by atoms with Crippen LogP contribution in [0.3, 0.4) is 0 Å². The Morgan fingerprint density at radius 2 is 2.11 bits per heavy atom. The van der Waals surface area contributed by atoms with Gasteiger partial charge in [-0.25, -0.2) is 0 Å². The van der Waals surface area contributed by atoms with E-state index in [1.165, 1.54) is 20.0 Å². The molecule has 3 rings (SSSR count). The number of aromatic hydroxyl groups is 1. The van der Waals surface area contributed by atoms with E-state index < -0.39 is 0 Å². The van der Waals surface area contributed by atoms with E-state index in [0.29, 0.717) is 17.6 Å². The van der Waals surface area contributed by atoms with Crippen LogP contribution in [0, 0.1) is 0 Å². The zero-order chi connectivity index (χ0) is 13.2. The van der Waals surface area contributed by atoms with E-state index in [4.69, 9.17) is 9.26 Å². The van der Waals surface area contributed by atoms with Crippen LogP contribution < -0.4 is 4.74 Å². The van der Waals surface area contributed by atoms with Crippen molar-refractivity contribution in [3.8, 4) is 23.0 Å². The van der Waals surface area contributed by atoms with E-state index in [0.717, 1.165) is 24.2 Å². The molecule has 1 aromatic heterocycles. The molecular weight excluding hydrogens is 244 g/mol. The summed E-state index contributed by atoms with van der Waals surface area (Å²) >= 11 is 0. The molecule has 0 radical (unpaired) electrons. The quantitative estimate of drug-likeness (QED) is 0.918. The first kappa shape index (κ1) is 12.0. The molecule has 1 saturated carbocycles. The lowest BCUT2D eigenvalue weighted by molar-refractivity contribution is 0.373. The third-order valence-electron chi connectivity index (χ3n) is 3.59. The Balaban J connectivity index is 1.89. The molecule has 5 heteroatoms. The predicted octanol–water partition coefficient (Wildman–Crippen LogP) is 3.11. The molecular formula is C14H16N2O3. The van der Waals surface area contributed by atoms with Crippen molar-refractivity contribution in [3.05, 3.63) is 24.0 Å². The van der Waals surface area contributed by atoms with Crippen LogP contribution in [0.25, 0.3) is 11.5 Å². The highest BCUT2D eigenvalue weighted by Gasteiger charge is 2.22. The number of benzene rings is 1. The highest BCUT2D eigenvalue weighted by molar-refractivity contribution is 5.59. The van der Waals surface area contributed by atoms with Gasteiger partial charge < -0.3 is 14.4 Å². The van der Waals surface area contributed by atoms with Gasteiger partial charge in [0, 0.05) is 11.5 Å². The second-order valence-electron chi connectivity index (χ2n) is 4.83. The summed E-state index contributed by atoms with van der Waals surface area (Å²) < 4.78 is 10.4. The Morgan fingerprint density at radius 1 is 1.32 bits per heavy atom. The molecule has 1 N–H and O–H groups in total. The molecule has 0 spiro atoms. The largest absolute Gasteiger partial charge is 0.504 e. The molecule has 1 heterocycles. The van der Waals surface area contributed by atoms with Gasteiger partial charge in [-0.2, -0.15) is 4.98 Å². The van der Waals surface area contributed by atoms with E-state index >= 15 is 0 Å². The van der Waals surface area contributed by atoms with Gasteiger partial charge in [-0.1, -0.05) is 18.0 Å². The number of phenols is 1. The molecule has 0 unspecified atom stereocenters.